The Hall–Kier alpha value is -2.61. The molecule has 3 aromatic rings. The Labute approximate surface area is 183 Å². The number of sulfone groups is 1. The lowest BCUT2D eigenvalue weighted by atomic mass is 10.1. The van der Waals surface area contributed by atoms with Crippen molar-refractivity contribution in [3.05, 3.63) is 70.7 Å². The molecule has 0 aliphatic heterocycles. The van der Waals surface area contributed by atoms with Crippen molar-refractivity contribution in [1.82, 2.24) is 0 Å². The maximum Gasteiger partial charge on any atom is 0.307 e. The Bertz CT molecular complexity index is 1210. The molecule has 0 bridgehead atoms. The minimum absolute atomic E-state index is 0.127. The average Bonchev–Trinajstić information content (AvgIpc) is 2.73. The van der Waals surface area contributed by atoms with Crippen LogP contribution >= 0.6 is 23.2 Å². The van der Waals surface area contributed by atoms with Crippen LogP contribution < -0.4 is 5.32 Å². The Morgan fingerprint density at radius 1 is 0.933 bits per heavy atom. The molecular formula is C21H17Cl2NO5S. The van der Waals surface area contributed by atoms with Crippen LogP contribution in [0.15, 0.2) is 65.6 Å². The smallest absolute Gasteiger partial charge is 0.307 e. The van der Waals surface area contributed by atoms with Gasteiger partial charge in [-0.2, -0.15) is 0 Å². The second kappa shape index (κ2) is 9.47. The highest BCUT2D eigenvalue weighted by Crippen LogP contribution is 2.29. The van der Waals surface area contributed by atoms with Crippen LogP contribution in [0.3, 0.4) is 0 Å². The Morgan fingerprint density at radius 2 is 1.67 bits per heavy atom. The Kier molecular flexibility index (Phi) is 6.97. The minimum atomic E-state index is -3.68. The van der Waals surface area contributed by atoms with Crippen molar-refractivity contribution in [3.8, 4) is 0 Å². The third kappa shape index (κ3) is 5.50. The summed E-state index contributed by atoms with van der Waals surface area (Å²) in [5.41, 5.74) is 0.282. The van der Waals surface area contributed by atoms with Gasteiger partial charge in [0.1, 0.15) is 0 Å². The summed E-state index contributed by atoms with van der Waals surface area (Å²) in [4.78, 5) is 23.9. The number of nitrogens with one attached hydrogen (secondary N) is 1. The van der Waals surface area contributed by atoms with Crippen LogP contribution in [-0.4, -0.2) is 32.7 Å². The predicted molar refractivity (Wildman–Crippen MR) is 117 cm³/mol. The van der Waals surface area contributed by atoms with Crippen LogP contribution in [0.1, 0.15) is 6.42 Å². The summed E-state index contributed by atoms with van der Waals surface area (Å²) < 4.78 is 29.9. The van der Waals surface area contributed by atoms with Gasteiger partial charge in [-0.15, -0.1) is 0 Å². The highest BCUT2D eigenvalue weighted by atomic mass is 35.5. The van der Waals surface area contributed by atoms with Crippen molar-refractivity contribution < 1.29 is 22.7 Å². The van der Waals surface area contributed by atoms with E-state index in [-0.39, 0.29) is 27.0 Å². The zero-order chi connectivity index (χ0) is 21.7. The van der Waals surface area contributed by atoms with Crippen LogP contribution in [0.2, 0.25) is 10.0 Å². The standard InChI is InChI=1S/C21H17Cl2NO5S/c22-17-6-3-7-18(21(17)23)24-19(25)13-29-20(26)10-11-30(27,28)16-9-8-14-4-1-2-5-15(14)12-16/h1-9,12H,10-11,13H2,(H,24,25). The second-order valence-corrected chi connectivity index (χ2v) is 9.28. The fraction of sp³-hybridized carbons (Fsp3) is 0.143. The summed E-state index contributed by atoms with van der Waals surface area (Å²) in [6, 6.07) is 16.9. The van der Waals surface area contributed by atoms with E-state index in [1.54, 1.807) is 30.3 Å². The fourth-order valence-corrected chi connectivity index (χ4v) is 4.30. The molecule has 0 fully saturated rings. The number of carbonyl (C=O) groups is 2. The number of anilines is 1. The molecule has 0 spiro atoms. The van der Waals surface area contributed by atoms with E-state index in [0.29, 0.717) is 0 Å². The van der Waals surface area contributed by atoms with E-state index < -0.39 is 34.1 Å². The number of hydrogen-bond donors (Lipinski definition) is 1. The van der Waals surface area contributed by atoms with Crippen molar-refractivity contribution in [2.24, 2.45) is 0 Å². The molecule has 0 atom stereocenters. The summed E-state index contributed by atoms with van der Waals surface area (Å²) in [7, 11) is -3.68. The van der Waals surface area contributed by atoms with Gasteiger partial charge in [0.15, 0.2) is 16.4 Å². The van der Waals surface area contributed by atoms with Crippen molar-refractivity contribution >= 4 is 61.4 Å². The van der Waals surface area contributed by atoms with Gasteiger partial charge in [0, 0.05) is 0 Å². The molecule has 9 heteroatoms. The molecule has 1 amide bonds. The van der Waals surface area contributed by atoms with Gasteiger partial charge in [-0.3, -0.25) is 9.59 Å². The van der Waals surface area contributed by atoms with E-state index in [1.807, 2.05) is 24.3 Å². The average molecular weight is 466 g/mol. The quantitative estimate of drug-likeness (QED) is 0.519. The number of fused-ring (bicyclic) bond motifs is 1. The first-order valence-electron chi connectivity index (χ1n) is 8.87. The minimum Gasteiger partial charge on any atom is -0.456 e. The third-order valence-corrected chi connectivity index (χ3v) is 6.78. The normalized spacial score (nSPS) is 11.3. The molecule has 1 N–H and O–H groups in total. The molecule has 30 heavy (non-hydrogen) atoms. The lowest BCUT2D eigenvalue weighted by Crippen LogP contribution is -2.22. The Balaban J connectivity index is 1.53. The number of halogens is 2. The van der Waals surface area contributed by atoms with E-state index >= 15 is 0 Å². The number of amides is 1. The van der Waals surface area contributed by atoms with E-state index in [4.69, 9.17) is 27.9 Å². The van der Waals surface area contributed by atoms with Gasteiger partial charge >= 0.3 is 5.97 Å². The SMILES string of the molecule is O=C(COC(=O)CCS(=O)(=O)c1ccc2ccccc2c1)Nc1cccc(Cl)c1Cl. The number of ether oxygens (including phenoxy) is 1. The molecule has 0 radical (unpaired) electrons. The van der Waals surface area contributed by atoms with Crippen LogP contribution in [0, 0.1) is 0 Å². The largest absolute Gasteiger partial charge is 0.456 e. The summed E-state index contributed by atoms with van der Waals surface area (Å²) in [5, 5.41) is 4.61. The van der Waals surface area contributed by atoms with Gasteiger partial charge in [-0.05, 0) is 35.0 Å². The van der Waals surface area contributed by atoms with Crippen LogP contribution in [-0.2, 0) is 24.2 Å². The van der Waals surface area contributed by atoms with Gasteiger partial charge in [-0.1, -0.05) is 59.6 Å². The van der Waals surface area contributed by atoms with Crippen molar-refractivity contribution in [1.29, 1.82) is 0 Å². The highest BCUT2D eigenvalue weighted by Gasteiger charge is 2.18. The van der Waals surface area contributed by atoms with Crippen LogP contribution in [0.4, 0.5) is 5.69 Å². The monoisotopic (exact) mass is 465 g/mol. The first-order chi connectivity index (χ1) is 14.3. The molecule has 0 aliphatic rings. The third-order valence-electron chi connectivity index (χ3n) is 4.24. The van der Waals surface area contributed by atoms with E-state index in [2.05, 4.69) is 5.32 Å². The summed E-state index contributed by atoms with van der Waals surface area (Å²) in [5.74, 6) is -1.84. The number of carbonyl (C=O) groups excluding carboxylic acids is 2. The summed E-state index contributed by atoms with van der Waals surface area (Å²) in [6.07, 6.45) is -0.375. The molecule has 0 aromatic heterocycles. The number of rotatable bonds is 7. The molecule has 0 heterocycles. The lowest BCUT2D eigenvalue weighted by molar-refractivity contribution is -0.146. The number of esters is 1. The first kappa shape index (κ1) is 22.1. The van der Waals surface area contributed by atoms with Crippen LogP contribution in [0.25, 0.3) is 10.8 Å². The second-order valence-electron chi connectivity index (χ2n) is 6.39. The van der Waals surface area contributed by atoms with Crippen molar-refractivity contribution in [2.75, 3.05) is 17.7 Å². The first-order valence-corrected chi connectivity index (χ1v) is 11.3. The predicted octanol–water partition coefficient (Wildman–Crippen LogP) is 4.49. The van der Waals surface area contributed by atoms with E-state index in [0.717, 1.165) is 10.8 Å². The molecule has 6 nitrogen and oxygen atoms in total. The molecule has 3 aromatic carbocycles. The molecule has 3 rings (SSSR count). The van der Waals surface area contributed by atoms with E-state index in [9.17, 15) is 18.0 Å². The Morgan fingerprint density at radius 3 is 2.43 bits per heavy atom. The zero-order valence-corrected chi connectivity index (χ0v) is 17.9. The van der Waals surface area contributed by atoms with Crippen molar-refractivity contribution in [2.45, 2.75) is 11.3 Å². The maximum atomic E-state index is 12.5. The maximum absolute atomic E-state index is 12.5. The number of hydrogen-bond acceptors (Lipinski definition) is 5. The highest BCUT2D eigenvalue weighted by molar-refractivity contribution is 7.91. The molecule has 0 unspecified atom stereocenters. The summed E-state index contributed by atoms with van der Waals surface area (Å²) in [6.45, 7) is -0.572. The van der Waals surface area contributed by atoms with Crippen molar-refractivity contribution in [3.63, 3.8) is 0 Å². The fourth-order valence-electron chi connectivity index (χ4n) is 2.70. The topological polar surface area (TPSA) is 89.5 Å². The van der Waals surface area contributed by atoms with Gasteiger partial charge < -0.3 is 10.1 Å². The molecular weight excluding hydrogens is 449 g/mol. The van der Waals surface area contributed by atoms with Gasteiger partial charge in [0.05, 0.1) is 32.8 Å². The molecule has 0 aliphatic carbocycles. The summed E-state index contributed by atoms with van der Waals surface area (Å²) >= 11 is 11.8. The zero-order valence-electron chi connectivity index (χ0n) is 15.6. The number of benzene rings is 3. The van der Waals surface area contributed by atoms with Gasteiger partial charge in [0.2, 0.25) is 0 Å². The molecule has 0 saturated carbocycles. The molecule has 156 valence electrons. The lowest BCUT2D eigenvalue weighted by Gasteiger charge is -2.09. The van der Waals surface area contributed by atoms with E-state index in [1.165, 1.54) is 6.07 Å². The van der Waals surface area contributed by atoms with Gasteiger partial charge in [-0.25, -0.2) is 8.42 Å². The van der Waals surface area contributed by atoms with Crippen LogP contribution in [0.5, 0.6) is 0 Å². The van der Waals surface area contributed by atoms with Gasteiger partial charge in [0.25, 0.3) is 5.91 Å². The molecule has 0 saturated heterocycles.